The number of amides is 1. The van der Waals surface area contributed by atoms with Crippen LogP contribution in [-0.2, 0) is 16.0 Å². The average molecular weight is 311 g/mol. The Morgan fingerprint density at radius 3 is 2.83 bits per heavy atom. The SMILES string of the molecule is COCC(=O)N[C@H](c1ccccc1)c1ccc2c(c1)CCCO2. The van der Waals surface area contributed by atoms with Crippen LogP contribution >= 0.6 is 0 Å². The van der Waals surface area contributed by atoms with Gasteiger partial charge >= 0.3 is 0 Å². The summed E-state index contributed by atoms with van der Waals surface area (Å²) in [5.41, 5.74) is 3.31. The van der Waals surface area contributed by atoms with Crippen molar-refractivity contribution in [2.24, 2.45) is 0 Å². The van der Waals surface area contributed by atoms with Crippen LogP contribution in [0.4, 0.5) is 0 Å². The molecule has 4 nitrogen and oxygen atoms in total. The molecule has 0 unspecified atom stereocenters. The van der Waals surface area contributed by atoms with Gasteiger partial charge in [-0.05, 0) is 41.7 Å². The van der Waals surface area contributed by atoms with Crippen molar-refractivity contribution in [3.8, 4) is 5.75 Å². The second-order valence-electron chi connectivity index (χ2n) is 5.66. The van der Waals surface area contributed by atoms with Gasteiger partial charge < -0.3 is 14.8 Å². The fourth-order valence-corrected chi connectivity index (χ4v) is 2.90. The van der Waals surface area contributed by atoms with Crippen molar-refractivity contribution in [2.75, 3.05) is 20.3 Å². The first kappa shape index (κ1) is 15.6. The highest BCUT2D eigenvalue weighted by molar-refractivity contribution is 5.78. The molecule has 0 bridgehead atoms. The van der Waals surface area contributed by atoms with E-state index in [-0.39, 0.29) is 18.6 Å². The molecule has 4 heteroatoms. The van der Waals surface area contributed by atoms with E-state index in [0.29, 0.717) is 0 Å². The van der Waals surface area contributed by atoms with Crippen LogP contribution < -0.4 is 10.1 Å². The van der Waals surface area contributed by atoms with Gasteiger partial charge in [0.15, 0.2) is 0 Å². The van der Waals surface area contributed by atoms with Gasteiger partial charge in [-0.25, -0.2) is 0 Å². The fourth-order valence-electron chi connectivity index (χ4n) is 2.90. The molecule has 3 rings (SSSR count). The molecular formula is C19H21NO3. The summed E-state index contributed by atoms with van der Waals surface area (Å²) >= 11 is 0. The summed E-state index contributed by atoms with van der Waals surface area (Å²) in [7, 11) is 1.52. The van der Waals surface area contributed by atoms with Crippen LogP contribution in [0.25, 0.3) is 0 Å². The Kier molecular flexibility index (Phi) is 4.93. The Morgan fingerprint density at radius 1 is 1.22 bits per heavy atom. The van der Waals surface area contributed by atoms with Crippen molar-refractivity contribution in [3.63, 3.8) is 0 Å². The number of nitrogens with one attached hydrogen (secondary N) is 1. The van der Waals surface area contributed by atoms with Crippen molar-refractivity contribution < 1.29 is 14.3 Å². The predicted molar refractivity (Wildman–Crippen MR) is 88.6 cm³/mol. The first-order chi connectivity index (χ1) is 11.3. The number of carbonyl (C=O) groups is 1. The van der Waals surface area contributed by atoms with Gasteiger partial charge in [0, 0.05) is 7.11 Å². The Balaban J connectivity index is 1.93. The summed E-state index contributed by atoms with van der Waals surface area (Å²) in [5.74, 6) is 0.824. The van der Waals surface area contributed by atoms with Crippen LogP contribution in [0.1, 0.15) is 29.2 Å². The Labute approximate surface area is 136 Å². The Bertz CT molecular complexity index is 670. The molecule has 0 aliphatic carbocycles. The zero-order valence-corrected chi connectivity index (χ0v) is 13.2. The fraction of sp³-hybridized carbons (Fsp3) is 0.316. The molecule has 1 aliphatic heterocycles. The molecule has 23 heavy (non-hydrogen) atoms. The maximum Gasteiger partial charge on any atom is 0.246 e. The first-order valence-electron chi connectivity index (χ1n) is 7.87. The third-order valence-electron chi connectivity index (χ3n) is 3.98. The molecule has 0 fully saturated rings. The van der Waals surface area contributed by atoms with Crippen LogP contribution in [0.2, 0.25) is 0 Å². The van der Waals surface area contributed by atoms with E-state index in [1.165, 1.54) is 12.7 Å². The van der Waals surface area contributed by atoms with Crippen molar-refractivity contribution in [1.29, 1.82) is 0 Å². The van der Waals surface area contributed by atoms with Crippen LogP contribution in [0.5, 0.6) is 5.75 Å². The predicted octanol–water partition coefficient (Wildman–Crippen LogP) is 2.86. The van der Waals surface area contributed by atoms with Gasteiger partial charge in [-0.2, -0.15) is 0 Å². The second-order valence-corrected chi connectivity index (χ2v) is 5.66. The highest BCUT2D eigenvalue weighted by Crippen LogP contribution is 2.30. The van der Waals surface area contributed by atoms with Gasteiger partial charge in [0.25, 0.3) is 0 Å². The summed E-state index contributed by atoms with van der Waals surface area (Å²) in [6.07, 6.45) is 2.04. The van der Waals surface area contributed by atoms with E-state index in [9.17, 15) is 4.79 Å². The lowest BCUT2D eigenvalue weighted by atomic mass is 9.95. The van der Waals surface area contributed by atoms with Crippen molar-refractivity contribution in [2.45, 2.75) is 18.9 Å². The lowest BCUT2D eigenvalue weighted by molar-refractivity contribution is -0.125. The van der Waals surface area contributed by atoms with Crippen LogP contribution in [-0.4, -0.2) is 26.2 Å². The summed E-state index contributed by atoms with van der Waals surface area (Å²) < 4.78 is 10.6. The molecule has 2 aromatic carbocycles. The minimum atomic E-state index is -0.189. The maximum atomic E-state index is 12.0. The van der Waals surface area contributed by atoms with E-state index < -0.39 is 0 Å². The molecule has 1 amide bonds. The van der Waals surface area contributed by atoms with E-state index >= 15 is 0 Å². The van der Waals surface area contributed by atoms with E-state index in [2.05, 4.69) is 11.4 Å². The number of hydrogen-bond acceptors (Lipinski definition) is 3. The molecule has 120 valence electrons. The minimum Gasteiger partial charge on any atom is -0.493 e. The molecule has 1 atom stereocenters. The van der Waals surface area contributed by atoms with Crippen LogP contribution in [0, 0.1) is 0 Å². The summed E-state index contributed by atoms with van der Waals surface area (Å²) in [6.45, 7) is 0.830. The number of rotatable bonds is 5. The maximum absolute atomic E-state index is 12.0. The molecule has 2 aromatic rings. The molecule has 1 N–H and O–H groups in total. The van der Waals surface area contributed by atoms with Gasteiger partial charge in [-0.3, -0.25) is 4.79 Å². The lowest BCUT2D eigenvalue weighted by Crippen LogP contribution is -2.32. The molecular weight excluding hydrogens is 290 g/mol. The molecule has 0 radical (unpaired) electrons. The van der Waals surface area contributed by atoms with Crippen molar-refractivity contribution in [1.82, 2.24) is 5.32 Å². The number of fused-ring (bicyclic) bond motifs is 1. The van der Waals surface area contributed by atoms with Crippen molar-refractivity contribution in [3.05, 3.63) is 65.2 Å². The highest BCUT2D eigenvalue weighted by Gasteiger charge is 2.19. The molecule has 1 aliphatic rings. The normalized spacial score (nSPS) is 14.5. The summed E-state index contributed by atoms with van der Waals surface area (Å²) in [6, 6.07) is 15.9. The van der Waals surface area contributed by atoms with E-state index in [4.69, 9.17) is 9.47 Å². The first-order valence-corrected chi connectivity index (χ1v) is 7.87. The number of aryl methyl sites for hydroxylation is 1. The second kappa shape index (κ2) is 7.29. The lowest BCUT2D eigenvalue weighted by Gasteiger charge is -2.23. The third-order valence-corrected chi connectivity index (χ3v) is 3.98. The number of hydrogen-bond donors (Lipinski definition) is 1. The van der Waals surface area contributed by atoms with E-state index in [1.54, 1.807) is 0 Å². The summed E-state index contributed by atoms with van der Waals surface area (Å²) in [4.78, 5) is 12.0. The van der Waals surface area contributed by atoms with Gasteiger partial charge in [-0.15, -0.1) is 0 Å². The monoisotopic (exact) mass is 311 g/mol. The van der Waals surface area contributed by atoms with Crippen molar-refractivity contribution >= 4 is 5.91 Å². The quantitative estimate of drug-likeness (QED) is 0.923. The smallest absolute Gasteiger partial charge is 0.246 e. The van der Waals surface area contributed by atoms with E-state index in [1.807, 2.05) is 42.5 Å². The largest absolute Gasteiger partial charge is 0.493 e. The zero-order valence-electron chi connectivity index (χ0n) is 13.2. The third kappa shape index (κ3) is 3.71. The number of carbonyl (C=O) groups excluding carboxylic acids is 1. The zero-order chi connectivity index (χ0) is 16.1. The molecule has 0 aromatic heterocycles. The summed E-state index contributed by atoms with van der Waals surface area (Å²) in [5, 5.41) is 3.05. The molecule has 0 spiro atoms. The molecule has 0 saturated carbocycles. The molecule has 1 heterocycles. The standard InChI is InChI=1S/C19H21NO3/c1-22-13-18(21)20-19(14-6-3-2-4-7-14)16-9-10-17-15(12-16)8-5-11-23-17/h2-4,6-7,9-10,12,19H,5,8,11,13H2,1H3,(H,20,21)/t19-/m1/s1. The number of benzene rings is 2. The van der Waals surface area contributed by atoms with Gasteiger partial charge in [0.1, 0.15) is 12.4 Å². The molecule has 0 saturated heterocycles. The van der Waals surface area contributed by atoms with Crippen LogP contribution in [0.3, 0.4) is 0 Å². The van der Waals surface area contributed by atoms with Gasteiger partial charge in [0.05, 0.1) is 12.6 Å². The average Bonchev–Trinajstić information content (AvgIpc) is 2.60. The Hall–Kier alpha value is -2.33. The van der Waals surface area contributed by atoms with Gasteiger partial charge in [0.2, 0.25) is 5.91 Å². The van der Waals surface area contributed by atoms with Crippen LogP contribution in [0.15, 0.2) is 48.5 Å². The van der Waals surface area contributed by atoms with E-state index in [0.717, 1.165) is 36.3 Å². The topological polar surface area (TPSA) is 47.6 Å². The minimum absolute atomic E-state index is 0.0530. The number of methoxy groups -OCH3 is 1. The highest BCUT2D eigenvalue weighted by atomic mass is 16.5. The Morgan fingerprint density at radius 2 is 2.04 bits per heavy atom. The van der Waals surface area contributed by atoms with Gasteiger partial charge in [-0.1, -0.05) is 36.4 Å². The number of ether oxygens (including phenoxy) is 2.